The summed E-state index contributed by atoms with van der Waals surface area (Å²) < 4.78 is 33.3. The second-order valence-corrected chi connectivity index (χ2v) is 31.6. The molecule has 0 atom stereocenters. The van der Waals surface area contributed by atoms with Crippen molar-refractivity contribution >= 4 is 105 Å². The molecule has 0 aliphatic carbocycles. The first-order valence-electron chi connectivity index (χ1n) is 44.0. The molecule has 18 N–H and O–H groups in total. The van der Waals surface area contributed by atoms with Crippen molar-refractivity contribution in [1.29, 1.82) is 0 Å². The van der Waals surface area contributed by atoms with Crippen LogP contribution in [0.3, 0.4) is 0 Å². The number of aromatic nitrogens is 4. The van der Waals surface area contributed by atoms with Crippen LogP contribution in [0.1, 0.15) is 133 Å². The van der Waals surface area contributed by atoms with Crippen LogP contribution in [0.5, 0.6) is 11.5 Å². The van der Waals surface area contributed by atoms with Crippen molar-refractivity contribution in [2.24, 2.45) is 34.4 Å². The van der Waals surface area contributed by atoms with Crippen LogP contribution >= 0.6 is 11.6 Å². The van der Waals surface area contributed by atoms with Gasteiger partial charge >= 0.3 is 47.5 Å². The third-order valence-electron chi connectivity index (χ3n) is 21.4. The van der Waals surface area contributed by atoms with Crippen LogP contribution in [-0.4, -0.2) is 114 Å². The summed E-state index contributed by atoms with van der Waals surface area (Å²) in [5.41, 5.74) is 59.0. The molecular weight excluding hydrogens is 1790 g/mol. The van der Waals surface area contributed by atoms with Gasteiger partial charge in [0.05, 0.1) is 68.3 Å². The number of carboxylic acids is 1. The number of carboxylic acid groups (broad SMARTS) is 1. The van der Waals surface area contributed by atoms with Gasteiger partial charge < -0.3 is 97.8 Å². The first kappa shape index (κ1) is 104. The lowest BCUT2D eigenvalue weighted by Crippen LogP contribution is -2.19. The Morgan fingerprint density at radius 2 is 0.576 bits per heavy atom. The number of amides is 9. The molecule has 33 heteroatoms. The van der Waals surface area contributed by atoms with E-state index >= 15 is 0 Å². The summed E-state index contributed by atoms with van der Waals surface area (Å²) >= 11 is 4.95. The molecule has 32 nitrogen and oxygen atoms in total. The zero-order chi connectivity index (χ0) is 101. The number of rotatable bonds is 32. The van der Waals surface area contributed by atoms with Crippen LogP contribution in [0.4, 0.5) is 41.9 Å². The van der Waals surface area contributed by atoms with Gasteiger partial charge in [0.15, 0.2) is 0 Å². The van der Waals surface area contributed by atoms with E-state index in [-0.39, 0.29) is 43.6 Å². The zero-order valence-electron chi connectivity index (χ0n) is 77.4. The highest BCUT2D eigenvalue weighted by Crippen LogP contribution is 2.37. The fourth-order valence-corrected chi connectivity index (χ4v) is 15.1. The number of nitrogen functional groups attached to an aromatic ring is 1. The number of carbonyl (C=O) groups is 12. The lowest BCUT2D eigenvalue weighted by Gasteiger charge is -2.17. The monoisotopic (exact) mass is 1900 g/mol. The number of primary amides is 6. The number of carbonyl (C=O) groups excluding carboxylic acids is 11. The van der Waals surface area contributed by atoms with E-state index < -0.39 is 53.2 Å². The quantitative estimate of drug-likeness (QED) is 0.00807. The molecule has 716 valence electrons. The Balaban J connectivity index is 0.000000185. The smallest absolute Gasteiger partial charge is 0.417 e. The highest BCUT2D eigenvalue weighted by atomic mass is 35.5. The zero-order valence-corrected chi connectivity index (χ0v) is 78.2. The van der Waals surface area contributed by atoms with Gasteiger partial charge in [-0.05, 0) is 313 Å². The molecule has 4 heterocycles. The average Bonchev–Trinajstić information content (AvgIpc) is 1.72. The third kappa shape index (κ3) is 29.5. The maximum atomic E-state index is 12.3. The summed E-state index contributed by atoms with van der Waals surface area (Å²) in [7, 11) is 0. The van der Waals surface area contributed by atoms with E-state index in [1.165, 1.54) is 0 Å². The topological polar surface area (TPSA) is 509 Å². The number of para-hydroxylation sites is 2. The minimum absolute atomic E-state index is 0.0106. The number of urea groups is 2. The van der Waals surface area contributed by atoms with Crippen molar-refractivity contribution in [2.45, 2.75) is 99.8 Å². The fourth-order valence-electron chi connectivity index (χ4n) is 15.0. The molecular formula is C106H107ClN14O18. The lowest BCUT2D eigenvalue weighted by atomic mass is 10.1. The molecule has 0 aliphatic heterocycles. The minimum Gasteiger partial charge on any atom is -0.481 e. The number of hydrogen-bond acceptors (Lipinski definition) is 18. The van der Waals surface area contributed by atoms with Crippen LogP contribution in [-0.2, 0) is 59.1 Å². The molecule has 0 spiro atoms. The largest absolute Gasteiger partial charge is 0.481 e. The molecule has 0 fully saturated rings. The number of hydrogen-bond donors (Lipinski definition) is 11. The van der Waals surface area contributed by atoms with Gasteiger partial charge in [0.2, 0.25) is 23.6 Å². The summed E-state index contributed by atoms with van der Waals surface area (Å²) in [5.74, 6) is -2.69. The highest BCUT2D eigenvalue weighted by molar-refractivity contribution is 6.61. The summed E-state index contributed by atoms with van der Waals surface area (Å²) in [5, 5.41) is 16.9. The van der Waals surface area contributed by atoms with Crippen molar-refractivity contribution in [2.75, 3.05) is 41.5 Å². The molecule has 139 heavy (non-hydrogen) atoms. The summed E-state index contributed by atoms with van der Waals surface area (Å²) in [6.45, 7) is 14.0. The molecule has 4 aromatic heterocycles. The number of nitrogens with one attached hydrogen (secondary N) is 3. The van der Waals surface area contributed by atoms with Crippen LogP contribution in [0, 0.1) is 27.7 Å². The molecule has 0 saturated heterocycles. The minimum atomic E-state index is -0.882. The molecule has 0 radical (unpaired) electrons. The Morgan fingerprint density at radius 3 is 0.820 bits per heavy atom. The third-order valence-corrected chi connectivity index (χ3v) is 21.5. The second-order valence-electron chi connectivity index (χ2n) is 31.3. The molecule has 9 amide bonds. The van der Waals surface area contributed by atoms with Crippen molar-refractivity contribution in [3.63, 3.8) is 0 Å². The van der Waals surface area contributed by atoms with Gasteiger partial charge in [-0.2, -0.15) is 0 Å². The van der Waals surface area contributed by atoms with E-state index in [4.69, 9.17) is 75.8 Å². The van der Waals surface area contributed by atoms with Gasteiger partial charge in [0.25, 0.3) is 0 Å². The predicted molar refractivity (Wildman–Crippen MR) is 534 cm³/mol. The molecule has 14 aromatic rings. The van der Waals surface area contributed by atoms with Gasteiger partial charge in [-0.3, -0.25) is 43.7 Å². The standard InChI is InChI=1S/C30H29N3O5.C24H26N4O4.C23H25N3O3.C22H22N4O4.C7H5ClO2/c1-3-37-28(34)18-15-24-14-17-27(33(24)26-16-11-22(29(31)35)19-20(26)2)21-9-12-23(13-10-21)32-30(36)38-25-7-5-4-6-8-25;1-3-32-22(29)13-10-19-9-12-21(16-4-7-18(8-5-16)27-24(26)31)28(19)20-11-6-17(23(25)30)14-15(20)2;1-3-29-22(27)13-10-19-9-12-21(16-4-7-18(24)8-5-16)26(19)20-11-6-17(23(25)28)14-15(20)2;1-13-12-15(21(23)29)4-9-18(13)26-17(8-11-20(27)28)7-10-19(26)14-2-5-16(6-3-14)25-22(24)30;8-7(9)10-6-4-2-1-3-5-6/h4-14,16-17,19H,3,15,18H2,1-2H3,(H2,31,35)(H,32,36);4-9,11-12,14H,3,10,13H2,1-2H3,(H2,25,30)(H3,26,27,31);4-9,11-12,14H,3,10,13,24H2,1-2H3,(H2,25,28);2-7,9-10,12H,8,11H2,1H3,(H2,23,29)(H,27,28)(H3,24,25,30);1-5H. The van der Waals surface area contributed by atoms with Crippen molar-refractivity contribution in [3.8, 4) is 79.3 Å². The van der Waals surface area contributed by atoms with E-state index in [0.717, 1.165) is 113 Å². The summed E-state index contributed by atoms with van der Waals surface area (Å²) in [6.07, 6.45) is 2.01. The maximum absolute atomic E-state index is 12.3. The lowest BCUT2D eigenvalue weighted by molar-refractivity contribution is -0.144. The van der Waals surface area contributed by atoms with Crippen LogP contribution in [0.25, 0.3) is 67.8 Å². The molecule has 10 aromatic carbocycles. The number of aryl methyl sites for hydroxylation is 8. The summed E-state index contributed by atoms with van der Waals surface area (Å²) in [4.78, 5) is 138. The number of aliphatic carboxylic acids is 1. The fraction of sp³-hybridized carbons (Fsp3) is 0.170. The van der Waals surface area contributed by atoms with Gasteiger partial charge in [0, 0.05) is 102 Å². The highest BCUT2D eigenvalue weighted by Gasteiger charge is 2.24. The van der Waals surface area contributed by atoms with Gasteiger partial charge in [0.1, 0.15) is 11.5 Å². The number of esters is 3. The Morgan fingerprint density at radius 1 is 0.317 bits per heavy atom. The van der Waals surface area contributed by atoms with Gasteiger partial charge in [-0.1, -0.05) is 84.9 Å². The van der Waals surface area contributed by atoms with Crippen LogP contribution < -0.4 is 65.6 Å². The number of halogens is 1. The Kier molecular flexibility index (Phi) is 37.2. The number of benzene rings is 10. The van der Waals surface area contributed by atoms with E-state index in [1.807, 2.05) is 172 Å². The van der Waals surface area contributed by atoms with Crippen LogP contribution in [0.2, 0.25) is 0 Å². The van der Waals surface area contributed by atoms with Crippen LogP contribution in [0.15, 0.2) is 279 Å². The molecule has 0 bridgehead atoms. The Labute approximate surface area is 806 Å². The normalized spacial score (nSPS) is 10.5. The van der Waals surface area contributed by atoms with Gasteiger partial charge in [-0.25, -0.2) is 19.2 Å². The maximum Gasteiger partial charge on any atom is 0.417 e. The predicted octanol–water partition coefficient (Wildman–Crippen LogP) is 18.3. The average molecular weight is 1900 g/mol. The SMILES string of the molecule is CCOC(=O)CCc1ccc(-c2ccc(N)cc2)n1-c1ccc(C(N)=O)cc1C.CCOC(=O)CCc1ccc(-c2ccc(NC(=O)Oc3ccccc3)cc2)n1-c1ccc(C(N)=O)cc1C.CCOC(=O)CCc1ccc(-c2ccc(NC(N)=O)cc2)n1-c1ccc(C(N)=O)cc1C.Cc1cc(C(N)=O)ccc1-n1c(CCC(=O)O)ccc1-c1ccc(NC(N)=O)cc1.O=C(Cl)Oc1ccccc1. The van der Waals surface area contributed by atoms with Crippen molar-refractivity contribution in [3.05, 3.63) is 346 Å². The Bertz CT molecular complexity index is 6750. The molecule has 0 unspecified atom stereocenters. The molecule has 14 rings (SSSR count). The van der Waals surface area contributed by atoms with E-state index in [9.17, 15) is 57.5 Å². The van der Waals surface area contributed by atoms with E-state index in [2.05, 4.69) is 34.4 Å². The number of nitrogens with zero attached hydrogens (tertiary/aromatic N) is 4. The molecule has 0 saturated carbocycles. The van der Waals surface area contributed by atoms with E-state index in [0.29, 0.717) is 102 Å². The van der Waals surface area contributed by atoms with Crippen molar-refractivity contribution in [1.82, 2.24) is 18.3 Å². The first-order chi connectivity index (χ1) is 66.6. The number of anilines is 4. The second kappa shape index (κ2) is 50.0. The van der Waals surface area contributed by atoms with Crippen molar-refractivity contribution < 1.29 is 86.3 Å². The van der Waals surface area contributed by atoms with Gasteiger partial charge in [-0.15, -0.1) is 0 Å². The molecule has 0 aliphatic rings. The number of ether oxygens (including phenoxy) is 5. The Hall–Kier alpha value is -17.6. The first-order valence-corrected chi connectivity index (χ1v) is 44.4. The van der Waals surface area contributed by atoms with E-state index in [1.54, 1.807) is 160 Å². The summed E-state index contributed by atoms with van der Waals surface area (Å²) in [6, 6.07) is 82.4. The number of nitrogens with two attached hydrogens (primary N) is 7.